The Morgan fingerprint density at radius 3 is 1.11 bits per heavy atom. The molecule has 242 valence electrons. The first-order chi connectivity index (χ1) is 22.0. The Hall–Kier alpha value is -4.84. The van der Waals surface area contributed by atoms with Gasteiger partial charge in [0.15, 0.2) is 0 Å². The van der Waals surface area contributed by atoms with Gasteiger partial charge in [0.2, 0.25) is 0 Å². The summed E-state index contributed by atoms with van der Waals surface area (Å²) in [6, 6.07) is 27.8. The van der Waals surface area contributed by atoms with E-state index in [-0.39, 0.29) is 37.8 Å². The van der Waals surface area contributed by atoms with E-state index < -0.39 is 22.2 Å². The summed E-state index contributed by atoms with van der Waals surface area (Å²) < 4.78 is 1.10. The number of fused-ring (bicyclic) bond motifs is 2. The van der Waals surface area contributed by atoms with Crippen LogP contribution in [0.15, 0.2) is 104 Å². The average molecular weight is 629 g/mol. The quantitative estimate of drug-likeness (QED) is 0.211. The molecule has 0 aliphatic heterocycles. The predicted molar refractivity (Wildman–Crippen MR) is 194 cm³/mol. The van der Waals surface area contributed by atoms with Gasteiger partial charge in [-0.3, -0.25) is 24.2 Å². The second-order valence-corrected chi connectivity index (χ2v) is 14.6. The molecular formula is C41H44N2O4. The molecular weight excluding hydrogens is 584 g/mol. The summed E-state index contributed by atoms with van der Waals surface area (Å²) >= 11 is 0. The van der Waals surface area contributed by atoms with Gasteiger partial charge in [0.25, 0.3) is 22.2 Å². The van der Waals surface area contributed by atoms with Crippen LogP contribution < -0.4 is 22.2 Å². The molecule has 0 aliphatic carbocycles. The van der Waals surface area contributed by atoms with Gasteiger partial charge in [-0.2, -0.15) is 0 Å². The van der Waals surface area contributed by atoms with Gasteiger partial charge in [0.1, 0.15) is 0 Å². The van der Waals surface area contributed by atoms with Crippen molar-refractivity contribution in [2.75, 3.05) is 0 Å². The van der Waals surface area contributed by atoms with Crippen molar-refractivity contribution in [1.82, 2.24) is 9.55 Å². The van der Waals surface area contributed by atoms with Gasteiger partial charge in [-0.05, 0) is 57.5 Å². The van der Waals surface area contributed by atoms with Crippen molar-refractivity contribution >= 4 is 21.5 Å². The molecule has 4 aromatic carbocycles. The maximum atomic E-state index is 13.3. The number of benzene rings is 4. The van der Waals surface area contributed by atoms with Crippen molar-refractivity contribution in [3.8, 4) is 5.69 Å². The van der Waals surface area contributed by atoms with E-state index in [0.29, 0.717) is 5.69 Å². The van der Waals surface area contributed by atoms with Crippen LogP contribution in [0.4, 0.5) is 0 Å². The minimum atomic E-state index is -0.565. The highest BCUT2D eigenvalue weighted by molar-refractivity contribution is 5.97. The first-order valence-corrected chi connectivity index (χ1v) is 16.3. The second-order valence-electron chi connectivity index (χ2n) is 14.6. The molecule has 0 saturated heterocycles. The fraction of sp³-hybridized carbons (Fsp3) is 0.317. The standard InChI is InChI=1S/C38H36N2O4.C3H8/c1-36(2,3)22-8-10-23(11-9-22)37(4,5)24-12-14-25(15-13-24)38(6,7)26-16-18-27(19-17-26)40-34(43)30-20-28-29(21-31(30)35(40)44)33(42)39-32(28)41;1-3-2/h8-21H,1-7H3,(H,39,41,42);3H2,1-2H3. The van der Waals surface area contributed by atoms with E-state index in [9.17, 15) is 19.2 Å². The van der Waals surface area contributed by atoms with Gasteiger partial charge in [0, 0.05) is 10.8 Å². The number of H-pyrrole nitrogens is 1. The third kappa shape index (κ3) is 5.93. The first kappa shape index (κ1) is 33.5. The summed E-state index contributed by atoms with van der Waals surface area (Å²) in [4.78, 5) is 52.9. The van der Waals surface area contributed by atoms with Gasteiger partial charge in [-0.25, -0.2) is 4.57 Å². The topological polar surface area (TPSA) is 89.0 Å². The predicted octanol–water partition coefficient (Wildman–Crippen LogP) is 7.79. The summed E-state index contributed by atoms with van der Waals surface area (Å²) in [6.07, 6.45) is 1.25. The lowest BCUT2D eigenvalue weighted by atomic mass is 9.74. The fourth-order valence-electron chi connectivity index (χ4n) is 6.19. The van der Waals surface area contributed by atoms with Gasteiger partial charge < -0.3 is 0 Å². The molecule has 0 atom stereocenters. The zero-order chi connectivity index (χ0) is 34.5. The molecule has 0 amide bonds. The monoisotopic (exact) mass is 628 g/mol. The largest absolute Gasteiger partial charge is 0.288 e. The summed E-state index contributed by atoms with van der Waals surface area (Å²) in [5.74, 6) is 0. The lowest BCUT2D eigenvalue weighted by Crippen LogP contribution is -2.24. The van der Waals surface area contributed by atoms with Crippen molar-refractivity contribution in [3.63, 3.8) is 0 Å². The second kappa shape index (κ2) is 12.1. The average Bonchev–Trinajstić information content (AvgIpc) is 3.46. The zero-order valence-corrected chi connectivity index (χ0v) is 28.9. The molecule has 6 heteroatoms. The van der Waals surface area contributed by atoms with Crippen LogP contribution in [0.1, 0.15) is 96.6 Å². The number of hydrogen-bond donors (Lipinski definition) is 1. The fourth-order valence-corrected chi connectivity index (χ4v) is 6.19. The third-order valence-electron chi connectivity index (χ3n) is 9.39. The number of rotatable bonds is 5. The van der Waals surface area contributed by atoms with Crippen LogP contribution in [0.2, 0.25) is 0 Å². The van der Waals surface area contributed by atoms with E-state index in [1.54, 1.807) is 12.1 Å². The summed E-state index contributed by atoms with van der Waals surface area (Å²) in [6.45, 7) is 19.7. The van der Waals surface area contributed by atoms with Crippen molar-refractivity contribution in [2.45, 2.75) is 85.0 Å². The minimum absolute atomic E-state index is 0.111. The maximum absolute atomic E-state index is 13.3. The van der Waals surface area contributed by atoms with E-state index in [1.807, 2.05) is 12.1 Å². The minimum Gasteiger partial charge on any atom is -0.288 e. The Morgan fingerprint density at radius 2 is 0.787 bits per heavy atom. The number of aromatic amines is 1. The third-order valence-corrected chi connectivity index (χ3v) is 9.39. The molecule has 6 nitrogen and oxygen atoms in total. The molecule has 2 aromatic heterocycles. The molecule has 2 heterocycles. The number of hydrogen-bond acceptors (Lipinski definition) is 4. The van der Waals surface area contributed by atoms with Crippen molar-refractivity contribution in [3.05, 3.63) is 154 Å². The van der Waals surface area contributed by atoms with Crippen LogP contribution in [-0.4, -0.2) is 9.55 Å². The van der Waals surface area contributed by atoms with Gasteiger partial charge in [-0.1, -0.05) is 129 Å². The molecule has 47 heavy (non-hydrogen) atoms. The van der Waals surface area contributed by atoms with Crippen molar-refractivity contribution < 1.29 is 0 Å². The van der Waals surface area contributed by atoms with Gasteiger partial charge in [0.05, 0.1) is 27.2 Å². The van der Waals surface area contributed by atoms with Crippen molar-refractivity contribution in [1.29, 1.82) is 0 Å². The summed E-state index contributed by atoms with van der Waals surface area (Å²) in [5.41, 5.74) is 3.86. The molecule has 6 rings (SSSR count). The summed E-state index contributed by atoms with van der Waals surface area (Å²) in [7, 11) is 0. The Bertz CT molecular complexity index is 2190. The molecule has 0 unspecified atom stereocenters. The van der Waals surface area contributed by atoms with E-state index in [4.69, 9.17) is 0 Å². The number of nitrogens with one attached hydrogen (secondary N) is 1. The molecule has 1 N–H and O–H groups in total. The molecule has 0 spiro atoms. The van der Waals surface area contributed by atoms with Gasteiger partial charge >= 0.3 is 0 Å². The maximum Gasteiger partial charge on any atom is 0.266 e. The Labute approximate surface area is 275 Å². The molecule has 0 radical (unpaired) electrons. The molecule has 0 aliphatic rings. The Morgan fingerprint density at radius 1 is 0.489 bits per heavy atom. The van der Waals surface area contributed by atoms with Crippen LogP contribution in [-0.2, 0) is 16.2 Å². The highest BCUT2D eigenvalue weighted by Crippen LogP contribution is 2.36. The van der Waals surface area contributed by atoms with Gasteiger partial charge in [-0.15, -0.1) is 0 Å². The molecule has 0 saturated carbocycles. The van der Waals surface area contributed by atoms with Crippen LogP contribution in [0.3, 0.4) is 0 Å². The number of aromatic nitrogens is 2. The number of nitrogens with zero attached hydrogens (tertiary/aromatic N) is 1. The smallest absolute Gasteiger partial charge is 0.266 e. The van der Waals surface area contributed by atoms with Crippen molar-refractivity contribution in [2.24, 2.45) is 0 Å². The first-order valence-electron chi connectivity index (χ1n) is 16.3. The van der Waals surface area contributed by atoms with Crippen LogP contribution in [0, 0.1) is 0 Å². The van der Waals surface area contributed by atoms with E-state index >= 15 is 0 Å². The lowest BCUT2D eigenvalue weighted by Gasteiger charge is -2.30. The highest BCUT2D eigenvalue weighted by Gasteiger charge is 2.27. The highest BCUT2D eigenvalue weighted by atomic mass is 16.2. The molecule has 0 bridgehead atoms. The summed E-state index contributed by atoms with van der Waals surface area (Å²) in [5, 5.41) is 0.468. The Balaban J connectivity index is 0.00000139. The SMILES string of the molecule is CC(C)(C)c1ccc(C(C)(C)c2ccc(C(C)(C)c3ccc(-n4c(=O)c5cc6c(=O)[nH]c(=O)c6cc5c4=O)cc3)cc2)cc1.CCC. The van der Waals surface area contributed by atoms with E-state index in [2.05, 4.69) is 116 Å². The zero-order valence-electron chi connectivity index (χ0n) is 28.9. The molecule has 6 aromatic rings. The van der Waals surface area contributed by atoms with Crippen LogP contribution in [0.25, 0.3) is 27.2 Å². The van der Waals surface area contributed by atoms with E-state index in [0.717, 1.165) is 15.7 Å². The molecule has 0 fully saturated rings. The van der Waals surface area contributed by atoms with Crippen LogP contribution >= 0.6 is 0 Å². The Kier molecular flexibility index (Phi) is 8.61. The van der Waals surface area contributed by atoms with E-state index in [1.165, 1.54) is 35.2 Å². The normalized spacial score (nSPS) is 12.4. The van der Waals surface area contributed by atoms with Crippen LogP contribution in [0.5, 0.6) is 0 Å². The lowest BCUT2D eigenvalue weighted by molar-refractivity contribution is 0.587.